The van der Waals surface area contributed by atoms with E-state index < -0.39 is 17.7 Å². The van der Waals surface area contributed by atoms with E-state index in [0.717, 1.165) is 12.1 Å². The second-order valence-electron chi connectivity index (χ2n) is 7.35. The quantitative estimate of drug-likeness (QED) is 0.439. The van der Waals surface area contributed by atoms with Gasteiger partial charge in [-0.2, -0.15) is 0 Å². The molecule has 154 valence electrons. The van der Waals surface area contributed by atoms with Crippen molar-refractivity contribution >= 4 is 17.4 Å². The van der Waals surface area contributed by atoms with Gasteiger partial charge < -0.3 is 24.1 Å². The maximum absolute atomic E-state index is 12.9. The second-order valence-corrected chi connectivity index (χ2v) is 7.35. The summed E-state index contributed by atoms with van der Waals surface area (Å²) in [6.07, 6.45) is 2.19. The molecular weight excluding hydrogens is 372 g/mol. The predicted octanol–water partition coefficient (Wildman–Crippen LogP) is 2.97. The van der Waals surface area contributed by atoms with Crippen LogP contribution in [0.15, 0.2) is 46.6 Å². The highest BCUT2D eigenvalue weighted by atomic mass is 16.5. The normalized spacial score (nSPS) is 18.7. The Balaban J connectivity index is 2.06. The van der Waals surface area contributed by atoms with Gasteiger partial charge in [-0.25, -0.2) is 0 Å². The Kier molecular flexibility index (Phi) is 6.08. The fourth-order valence-corrected chi connectivity index (χ4v) is 3.58. The molecule has 0 radical (unpaired) electrons. The van der Waals surface area contributed by atoms with E-state index in [9.17, 15) is 14.7 Å². The number of hydrogen-bond donors (Lipinski definition) is 1. The molecule has 29 heavy (non-hydrogen) atoms. The molecule has 1 aromatic carbocycles. The highest BCUT2D eigenvalue weighted by molar-refractivity contribution is 6.46. The van der Waals surface area contributed by atoms with E-state index in [2.05, 4.69) is 0 Å². The number of aryl methyl sites for hydroxylation is 1. The molecule has 1 unspecified atom stereocenters. The van der Waals surface area contributed by atoms with E-state index in [0.29, 0.717) is 30.0 Å². The molecule has 1 aromatic heterocycles. The summed E-state index contributed by atoms with van der Waals surface area (Å²) < 4.78 is 10.7. The number of carbonyl (C=O) groups excluding carboxylic acids is 2. The van der Waals surface area contributed by atoms with E-state index in [4.69, 9.17) is 9.15 Å². The van der Waals surface area contributed by atoms with Crippen LogP contribution in [-0.2, 0) is 9.59 Å². The topological polar surface area (TPSA) is 83.2 Å². The Hall–Kier alpha value is -3.06. The van der Waals surface area contributed by atoms with Crippen LogP contribution >= 0.6 is 0 Å². The Morgan fingerprint density at radius 3 is 2.62 bits per heavy atom. The standard InChI is InChI=1S/C22H26N2O5/c1-14-13-15(28-4)8-9-16(14)20(25)18-19(17-7-5-12-29-17)24(22(27)21(18)26)11-6-10-23(2)3/h5,7-9,12-13,19,25H,6,10-11H2,1-4H3/b20-18-. The number of aliphatic hydroxyl groups excluding tert-OH is 1. The van der Waals surface area contributed by atoms with Crippen molar-refractivity contribution < 1.29 is 23.8 Å². The van der Waals surface area contributed by atoms with Gasteiger partial charge in [-0.1, -0.05) is 0 Å². The van der Waals surface area contributed by atoms with Crippen molar-refractivity contribution in [2.24, 2.45) is 0 Å². The lowest BCUT2D eigenvalue weighted by Gasteiger charge is -2.24. The fourth-order valence-electron chi connectivity index (χ4n) is 3.58. The molecule has 1 aliphatic heterocycles. The molecule has 2 aromatic rings. The van der Waals surface area contributed by atoms with Crippen molar-refractivity contribution in [2.75, 3.05) is 34.3 Å². The molecule has 1 saturated heterocycles. The molecule has 1 fully saturated rings. The smallest absolute Gasteiger partial charge is 0.295 e. The number of furan rings is 1. The molecule has 0 bridgehead atoms. The predicted molar refractivity (Wildman–Crippen MR) is 109 cm³/mol. The van der Waals surface area contributed by atoms with Crippen molar-refractivity contribution in [1.82, 2.24) is 9.80 Å². The summed E-state index contributed by atoms with van der Waals surface area (Å²) in [5.74, 6) is -0.450. The minimum Gasteiger partial charge on any atom is -0.507 e. The minimum atomic E-state index is -0.756. The molecule has 1 atom stereocenters. The Labute approximate surface area is 170 Å². The first kappa shape index (κ1) is 20.7. The van der Waals surface area contributed by atoms with Crippen LogP contribution in [0.1, 0.15) is 29.3 Å². The molecule has 1 amide bonds. The van der Waals surface area contributed by atoms with Crippen LogP contribution in [0.25, 0.3) is 5.76 Å². The third-order valence-electron chi connectivity index (χ3n) is 5.05. The Morgan fingerprint density at radius 1 is 1.28 bits per heavy atom. The Morgan fingerprint density at radius 2 is 2.03 bits per heavy atom. The Bertz CT molecular complexity index is 931. The number of aliphatic hydroxyl groups is 1. The highest BCUT2D eigenvalue weighted by Gasteiger charge is 2.47. The van der Waals surface area contributed by atoms with Gasteiger partial charge >= 0.3 is 0 Å². The van der Waals surface area contributed by atoms with Crippen LogP contribution in [-0.4, -0.2) is 60.9 Å². The summed E-state index contributed by atoms with van der Waals surface area (Å²) in [4.78, 5) is 29.2. The van der Waals surface area contributed by atoms with Gasteiger partial charge in [0, 0.05) is 12.1 Å². The van der Waals surface area contributed by atoms with E-state index in [1.54, 1.807) is 37.4 Å². The second kappa shape index (κ2) is 8.53. The molecular formula is C22H26N2O5. The van der Waals surface area contributed by atoms with E-state index in [1.165, 1.54) is 11.2 Å². The van der Waals surface area contributed by atoms with Gasteiger partial charge in [0.1, 0.15) is 23.3 Å². The largest absolute Gasteiger partial charge is 0.507 e. The first-order valence-corrected chi connectivity index (χ1v) is 9.46. The molecule has 1 N–H and O–H groups in total. The molecule has 1 aliphatic rings. The molecule has 0 aliphatic carbocycles. The third-order valence-corrected chi connectivity index (χ3v) is 5.05. The van der Waals surface area contributed by atoms with Crippen LogP contribution in [0, 0.1) is 6.92 Å². The lowest BCUT2D eigenvalue weighted by Crippen LogP contribution is -2.32. The SMILES string of the molecule is COc1ccc(/C(O)=C2/C(=O)C(=O)N(CCCN(C)C)C2c2ccco2)c(C)c1. The van der Waals surface area contributed by atoms with Crippen LogP contribution < -0.4 is 4.74 Å². The van der Waals surface area contributed by atoms with Crippen LogP contribution in [0.2, 0.25) is 0 Å². The number of amides is 1. The summed E-state index contributed by atoms with van der Waals surface area (Å²) in [6, 6.07) is 7.81. The van der Waals surface area contributed by atoms with Crippen molar-refractivity contribution in [3.8, 4) is 5.75 Å². The highest BCUT2D eigenvalue weighted by Crippen LogP contribution is 2.40. The summed E-state index contributed by atoms with van der Waals surface area (Å²) in [7, 11) is 5.46. The molecule has 0 saturated carbocycles. The maximum Gasteiger partial charge on any atom is 0.295 e. The fraction of sp³-hybridized carbons (Fsp3) is 0.364. The molecule has 7 nitrogen and oxygen atoms in total. The summed E-state index contributed by atoms with van der Waals surface area (Å²) >= 11 is 0. The van der Waals surface area contributed by atoms with Crippen LogP contribution in [0.5, 0.6) is 5.75 Å². The molecule has 0 spiro atoms. The van der Waals surface area contributed by atoms with Crippen LogP contribution in [0.3, 0.4) is 0 Å². The summed E-state index contributed by atoms with van der Waals surface area (Å²) in [5.41, 5.74) is 1.26. The average Bonchev–Trinajstić information content (AvgIpc) is 3.29. The zero-order valence-electron chi connectivity index (χ0n) is 17.1. The number of Topliss-reactive ketones (excluding diaryl/α,β-unsaturated/α-hetero) is 1. The molecule has 7 heteroatoms. The summed E-state index contributed by atoms with van der Waals surface area (Å²) in [6.45, 7) is 2.96. The number of carbonyl (C=O) groups is 2. The minimum absolute atomic E-state index is 0.0445. The van der Waals surface area contributed by atoms with Gasteiger partial charge in [-0.05, 0) is 69.9 Å². The number of hydrogen-bond acceptors (Lipinski definition) is 6. The number of methoxy groups -OCH3 is 1. The average molecular weight is 398 g/mol. The monoisotopic (exact) mass is 398 g/mol. The third kappa shape index (κ3) is 4.05. The van der Waals surface area contributed by atoms with Crippen LogP contribution in [0.4, 0.5) is 0 Å². The zero-order chi connectivity index (χ0) is 21.1. The number of rotatable bonds is 7. The molecule has 2 heterocycles. The lowest BCUT2D eigenvalue weighted by atomic mass is 9.97. The van der Waals surface area contributed by atoms with Crippen molar-refractivity contribution in [3.63, 3.8) is 0 Å². The number of ketones is 1. The zero-order valence-corrected chi connectivity index (χ0v) is 17.1. The molecule has 3 rings (SSSR count). The van der Waals surface area contributed by atoms with Gasteiger partial charge in [0.2, 0.25) is 0 Å². The van der Waals surface area contributed by atoms with Crippen molar-refractivity contribution in [1.29, 1.82) is 0 Å². The van der Waals surface area contributed by atoms with Crippen molar-refractivity contribution in [2.45, 2.75) is 19.4 Å². The van der Waals surface area contributed by atoms with Crippen molar-refractivity contribution in [3.05, 3.63) is 59.1 Å². The van der Waals surface area contributed by atoms with Gasteiger partial charge in [0.15, 0.2) is 0 Å². The van der Waals surface area contributed by atoms with E-state index in [1.807, 2.05) is 25.9 Å². The van der Waals surface area contributed by atoms with Gasteiger partial charge in [-0.3, -0.25) is 9.59 Å². The number of benzene rings is 1. The van der Waals surface area contributed by atoms with E-state index >= 15 is 0 Å². The maximum atomic E-state index is 12.9. The number of nitrogens with zero attached hydrogens (tertiary/aromatic N) is 2. The first-order valence-electron chi connectivity index (χ1n) is 9.46. The van der Waals surface area contributed by atoms with Gasteiger partial charge in [0.05, 0.1) is 18.9 Å². The summed E-state index contributed by atoms with van der Waals surface area (Å²) in [5, 5.41) is 11.0. The lowest BCUT2D eigenvalue weighted by molar-refractivity contribution is -0.140. The van der Waals surface area contributed by atoms with Gasteiger partial charge in [0.25, 0.3) is 11.7 Å². The number of likely N-dealkylation sites (tertiary alicyclic amines) is 1. The first-order chi connectivity index (χ1) is 13.8. The number of ether oxygens (including phenoxy) is 1. The van der Waals surface area contributed by atoms with E-state index in [-0.39, 0.29) is 11.3 Å². The van der Waals surface area contributed by atoms with Gasteiger partial charge in [-0.15, -0.1) is 0 Å².